The Balaban J connectivity index is 2.44. The van der Waals surface area contributed by atoms with E-state index in [4.69, 9.17) is 0 Å². The lowest BCUT2D eigenvalue weighted by Gasteiger charge is -2.38. The van der Waals surface area contributed by atoms with Crippen LogP contribution in [0.1, 0.15) is 70.9 Å². The molecule has 2 N–H and O–H groups in total. The Bertz CT molecular complexity index is 721. The predicted octanol–water partition coefficient (Wildman–Crippen LogP) is 4.16. The molecule has 1 aliphatic rings. The molecule has 1 fully saturated rings. The van der Waals surface area contributed by atoms with E-state index in [1.807, 2.05) is 32.0 Å². The predicted molar refractivity (Wildman–Crippen MR) is 113 cm³/mol. The lowest BCUT2D eigenvalue weighted by atomic mass is 9.69. The van der Waals surface area contributed by atoms with Gasteiger partial charge < -0.3 is 10.2 Å². The molecule has 1 aromatic carbocycles. The lowest BCUT2D eigenvalue weighted by Crippen LogP contribution is -2.45. The smallest absolute Gasteiger partial charge is 0.340 e. The van der Waals surface area contributed by atoms with Gasteiger partial charge in [-0.15, -0.1) is 0 Å². The second kappa shape index (κ2) is 9.58. The van der Waals surface area contributed by atoms with Crippen LogP contribution >= 0.6 is 0 Å². The van der Waals surface area contributed by atoms with E-state index in [2.05, 4.69) is 30.6 Å². The summed E-state index contributed by atoms with van der Waals surface area (Å²) in [4.78, 5) is 14.5. The van der Waals surface area contributed by atoms with Crippen LogP contribution < -0.4 is 0 Å². The topological polar surface area (TPSA) is 60.8 Å². The monoisotopic (exact) mass is 385 g/mol. The molecule has 4 heteroatoms. The summed E-state index contributed by atoms with van der Waals surface area (Å²) < 4.78 is 0. The van der Waals surface area contributed by atoms with Crippen LogP contribution in [0.15, 0.2) is 24.3 Å². The molecule has 0 radical (unpaired) electrons. The van der Waals surface area contributed by atoms with Crippen LogP contribution in [0, 0.1) is 17.8 Å². The van der Waals surface area contributed by atoms with E-state index in [0.29, 0.717) is 12.1 Å². The third kappa shape index (κ3) is 4.77. The number of nitrogens with zero attached hydrogens (tertiary/aromatic N) is 1. The van der Waals surface area contributed by atoms with E-state index in [0.717, 1.165) is 50.8 Å². The van der Waals surface area contributed by atoms with Gasteiger partial charge in [-0.3, -0.25) is 4.90 Å². The van der Waals surface area contributed by atoms with Gasteiger partial charge in [0.1, 0.15) is 0 Å². The first-order chi connectivity index (χ1) is 13.3. The zero-order valence-corrected chi connectivity index (χ0v) is 17.8. The van der Waals surface area contributed by atoms with Crippen molar-refractivity contribution in [1.82, 2.24) is 4.90 Å². The van der Waals surface area contributed by atoms with Crippen molar-refractivity contribution in [2.45, 2.75) is 70.8 Å². The SMILES string of the molecule is CCN(CC)CC#CC(C)(C)c1ccccc1[C@](O)(C(=O)O)C1CCCCC1. The number of rotatable bonds is 7. The van der Waals surface area contributed by atoms with Gasteiger partial charge >= 0.3 is 5.97 Å². The minimum Gasteiger partial charge on any atom is -0.479 e. The summed E-state index contributed by atoms with van der Waals surface area (Å²) in [6.45, 7) is 10.8. The van der Waals surface area contributed by atoms with Gasteiger partial charge in [-0.05, 0) is 50.9 Å². The molecule has 4 nitrogen and oxygen atoms in total. The van der Waals surface area contributed by atoms with E-state index < -0.39 is 17.0 Å². The first-order valence-corrected chi connectivity index (χ1v) is 10.6. The maximum absolute atomic E-state index is 12.3. The van der Waals surface area contributed by atoms with Gasteiger partial charge in [0.25, 0.3) is 0 Å². The van der Waals surface area contributed by atoms with Crippen molar-refractivity contribution >= 4 is 5.97 Å². The molecule has 1 aromatic rings. The molecule has 0 spiro atoms. The zero-order valence-electron chi connectivity index (χ0n) is 17.8. The van der Waals surface area contributed by atoms with Crippen LogP contribution in [0.4, 0.5) is 0 Å². The van der Waals surface area contributed by atoms with Gasteiger partial charge in [-0.2, -0.15) is 0 Å². The number of carbonyl (C=O) groups is 1. The van der Waals surface area contributed by atoms with Crippen LogP contribution in [0.5, 0.6) is 0 Å². The highest BCUT2D eigenvalue weighted by Crippen LogP contribution is 2.43. The lowest BCUT2D eigenvalue weighted by molar-refractivity contribution is -0.168. The maximum atomic E-state index is 12.3. The fourth-order valence-electron chi connectivity index (χ4n) is 4.28. The number of carboxylic acids is 1. The second-order valence-electron chi connectivity index (χ2n) is 8.34. The van der Waals surface area contributed by atoms with Gasteiger partial charge in [0.05, 0.1) is 12.0 Å². The summed E-state index contributed by atoms with van der Waals surface area (Å²) in [5.41, 5.74) is -1.12. The van der Waals surface area contributed by atoms with Gasteiger partial charge in [-0.25, -0.2) is 4.79 Å². The van der Waals surface area contributed by atoms with Crippen LogP contribution in [0.25, 0.3) is 0 Å². The summed E-state index contributed by atoms with van der Waals surface area (Å²) >= 11 is 0. The second-order valence-corrected chi connectivity index (χ2v) is 8.34. The number of hydrogen-bond acceptors (Lipinski definition) is 3. The highest BCUT2D eigenvalue weighted by atomic mass is 16.4. The number of benzene rings is 1. The van der Waals surface area contributed by atoms with Crippen LogP contribution in [0.2, 0.25) is 0 Å². The van der Waals surface area contributed by atoms with Crippen molar-refractivity contribution in [2.75, 3.05) is 19.6 Å². The molecule has 0 amide bonds. The molecule has 0 heterocycles. The number of carboxylic acid groups (broad SMARTS) is 1. The third-order valence-corrected chi connectivity index (χ3v) is 6.13. The molecule has 28 heavy (non-hydrogen) atoms. The Morgan fingerprint density at radius 3 is 2.21 bits per heavy atom. The Labute approximate surface area is 170 Å². The van der Waals surface area contributed by atoms with Crippen LogP contribution in [-0.4, -0.2) is 40.7 Å². The molecule has 1 aliphatic carbocycles. The fraction of sp³-hybridized carbons (Fsp3) is 0.625. The quantitative estimate of drug-likeness (QED) is 0.692. The first kappa shape index (κ1) is 22.5. The van der Waals surface area contributed by atoms with Crippen molar-refractivity contribution in [2.24, 2.45) is 5.92 Å². The Hall–Kier alpha value is -1.83. The molecular weight excluding hydrogens is 350 g/mol. The number of aliphatic hydroxyl groups is 1. The normalized spacial score (nSPS) is 17.6. The molecule has 0 aromatic heterocycles. The average Bonchev–Trinajstić information content (AvgIpc) is 2.71. The van der Waals surface area contributed by atoms with Gasteiger partial charge in [-0.1, -0.05) is 69.2 Å². The summed E-state index contributed by atoms with van der Waals surface area (Å²) in [7, 11) is 0. The molecule has 0 aliphatic heterocycles. The van der Waals surface area contributed by atoms with Crippen molar-refractivity contribution in [3.63, 3.8) is 0 Å². The summed E-state index contributed by atoms with van der Waals surface area (Å²) in [5, 5.41) is 21.5. The van der Waals surface area contributed by atoms with Crippen molar-refractivity contribution in [1.29, 1.82) is 0 Å². The van der Waals surface area contributed by atoms with Gasteiger partial charge in [0.15, 0.2) is 5.60 Å². The Morgan fingerprint density at radius 2 is 1.68 bits per heavy atom. The van der Waals surface area contributed by atoms with Crippen molar-refractivity contribution in [3.8, 4) is 11.8 Å². The van der Waals surface area contributed by atoms with E-state index in [1.165, 1.54) is 0 Å². The largest absolute Gasteiger partial charge is 0.479 e. The van der Waals surface area contributed by atoms with Crippen molar-refractivity contribution < 1.29 is 15.0 Å². The fourth-order valence-corrected chi connectivity index (χ4v) is 4.28. The highest BCUT2D eigenvalue weighted by Gasteiger charge is 2.48. The van der Waals surface area contributed by atoms with E-state index in [9.17, 15) is 15.0 Å². The number of hydrogen-bond donors (Lipinski definition) is 2. The minimum absolute atomic E-state index is 0.265. The molecule has 1 saturated carbocycles. The maximum Gasteiger partial charge on any atom is 0.340 e. The van der Waals surface area contributed by atoms with E-state index in [-0.39, 0.29) is 5.92 Å². The van der Waals surface area contributed by atoms with Gasteiger partial charge in [0, 0.05) is 5.92 Å². The van der Waals surface area contributed by atoms with Gasteiger partial charge in [0.2, 0.25) is 0 Å². The zero-order chi connectivity index (χ0) is 20.8. The van der Waals surface area contributed by atoms with Crippen LogP contribution in [-0.2, 0) is 15.8 Å². The Morgan fingerprint density at radius 1 is 1.11 bits per heavy atom. The third-order valence-electron chi connectivity index (χ3n) is 6.13. The summed E-state index contributed by atoms with van der Waals surface area (Å²) in [6, 6.07) is 7.40. The highest BCUT2D eigenvalue weighted by molar-refractivity contribution is 5.80. The molecular formula is C24H35NO3. The molecule has 0 saturated heterocycles. The van der Waals surface area contributed by atoms with E-state index >= 15 is 0 Å². The minimum atomic E-state index is -1.87. The molecule has 0 unspecified atom stereocenters. The van der Waals surface area contributed by atoms with Crippen LogP contribution in [0.3, 0.4) is 0 Å². The Kier molecular flexibility index (Phi) is 7.69. The van der Waals surface area contributed by atoms with E-state index in [1.54, 1.807) is 6.07 Å². The standard InChI is InChI=1S/C24H35NO3/c1-5-25(6-2)18-12-17-23(3,4)20-15-10-11-16-21(20)24(28,22(26)27)19-13-8-7-9-14-19/h10-11,15-16,19,28H,5-9,13-14,18H2,1-4H3,(H,26,27)/t24-/m0/s1. The van der Waals surface area contributed by atoms with Crippen molar-refractivity contribution in [3.05, 3.63) is 35.4 Å². The first-order valence-electron chi connectivity index (χ1n) is 10.6. The molecule has 1 atom stereocenters. The summed E-state index contributed by atoms with van der Waals surface area (Å²) in [6.07, 6.45) is 4.53. The average molecular weight is 386 g/mol. The number of aliphatic carboxylic acids is 1. The molecule has 0 bridgehead atoms. The summed E-state index contributed by atoms with van der Waals surface area (Å²) in [5.74, 6) is 5.17. The molecule has 154 valence electrons. The molecule has 2 rings (SSSR count).